The Balaban J connectivity index is 1.57. The third kappa shape index (κ3) is 3.39. The van der Waals surface area contributed by atoms with Crippen LogP contribution in [0.15, 0.2) is 11.4 Å². The van der Waals surface area contributed by atoms with Crippen LogP contribution >= 0.6 is 11.3 Å². The van der Waals surface area contributed by atoms with E-state index in [1.54, 1.807) is 4.88 Å². The van der Waals surface area contributed by atoms with Gasteiger partial charge in [-0.25, -0.2) is 0 Å². The minimum Gasteiger partial charge on any atom is -0.311 e. The summed E-state index contributed by atoms with van der Waals surface area (Å²) in [4.78, 5) is 4.22. The molecular formula is C16H26N2S. The van der Waals surface area contributed by atoms with Crippen LogP contribution < -0.4 is 5.32 Å². The van der Waals surface area contributed by atoms with Gasteiger partial charge in [0.1, 0.15) is 0 Å². The van der Waals surface area contributed by atoms with E-state index in [0.29, 0.717) is 0 Å². The Kier molecular flexibility index (Phi) is 4.57. The van der Waals surface area contributed by atoms with Crippen molar-refractivity contribution in [1.29, 1.82) is 0 Å². The van der Waals surface area contributed by atoms with Crippen molar-refractivity contribution in [2.75, 3.05) is 19.6 Å². The number of aryl methyl sites for hydroxylation is 1. The first-order chi connectivity index (χ1) is 9.33. The Morgan fingerprint density at radius 3 is 2.89 bits per heavy atom. The van der Waals surface area contributed by atoms with Crippen LogP contribution in [0.2, 0.25) is 0 Å². The summed E-state index contributed by atoms with van der Waals surface area (Å²) >= 11 is 1.92. The lowest BCUT2D eigenvalue weighted by atomic mass is 9.83. The van der Waals surface area contributed by atoms with Gasteiger partial charge in [0.25, 0.3) is 0 Å². The van der Waals surface area contributed by atoms with Crippen LogP contribution in [-0.4, -0.2) is 30.6 Å². The molecule has 1 N–H and O–H groups in total. The topological polar surface area (TPSA) is 15.3 Å². The van der Waals surface area contributed by atoms with Crippen molar-refractivity contribution >= 4 is 11.3 Å². The smallest absolute Gasteiger partial charge is 0.0331 e. The SMILES string of the molecule is Cc1ccsc1CN1CCNC(C2CCCCC2)C1. The summed E-state index contributed by atoms with van der Waals surface area (Å²) in [5.74, 6) is 0.931. The van der Waals surface area contributed by atoms with Crippen molar-refractivity contribution < 1.29 is 0 Å². The second kappa shape index (κ2) is 6.38. The number of nitrogens with zero attached hydrogens (tertiary/aromatic N) is 1. The molecule has 1 unspecified atom stereocenters. The standard InChI is InChI=1S/C16H26N2S/c1-13-7-10-19-16(13)12-18-9-8-17-15(11-18)14-5-3-2-4-6-14/h7,10,14-15,17H,2-6,8-9,11-12H2,1H3. The maximum absolute atomic E-state index is 3.77. The number of hydrogen-bond donors (Lipinski definition) is 1. The molecule has 2 nitrogen and oxygen atoms in total. The van der Waals surface area contributed by atoms with Crippen molar-refractivity contribution in [3.8, 4) is 0 Å². The van der Waals surface area contributed by atoms with Crippen LogP contribution in [0, 0.1) is 12.8 Å². The van der Waals surface area contributed by atoms with Crippen molar-refractivity contribution in [2.45, 2.75) is 51.6 Å². The molecule has 0 aromatic carbocycles. The first-order valence-corrected chi connectivity index (χ1v) is 8.69. The highest BCUT2D eigenvalue weighted by atomic mass is 32.1. The molecule has 0 spiro atoms. The van der Waals surface area contributed by atoms with Gasteiger partial charge < -0.3 is 5.32 Å². The number of thiophene rings is 1. The number of nitrogens with one attached hydrogen (secondary N) is 1. The van der Waals surface area contributed by atoms with Crippen LogP contribution in [0.4, 0.5) is 0 Å². The summed E-state index contributed by atoms with van der Waals surface area (Å²) in [5, 5.41) is 6.00. The molecule has 19 heavy (non-hydrogen) atoms. The second-order valence-corrected chi connectivity index (χ2v) is 7.22. The highest BCUT2D eigenvalue weighted by Gasteiger charge is 2.28. The Hall–Kier alpha value is -0.380. The average molecular weight is 278 g/mol. The fourth-order valence-electron chi connectivity index (χ4n) is 3.61. The van der Waals surface area contributed by atoms with Crippen LogP contribution in [0.25, 0.3) is 0 Å². The fourth-order valence-corrected chi connectivity index (χ4v) is 4.55. The monoisotopic (exact) mass is 278 g/mol. The van der Waals surface area contributed by atoms with Crippen LogP contribution in [0.3, 0.4) is 0 Å². The molecule has 1 aromatic heterocycles. The molecule has 1 atom stereocenters. The largest absolute Gasteiger partial charge is 0.311 e. The molecule has 1 aromatic rings. The molecule has 106 valence electrons. The molecule has 0 amide bonds. The van der Waals surface area contributed by atoms with Crippen molar-refractivity contribution in [3.05, 3.63) is 21.9 Å². The van der Waals surface area contributed by atoms with E-state index < -0.39 is 0 Å². The van der Waals surface area contributed by atoms with E-state index in [1.807, 2.05) is 11.3 Å². The molecule has 2 fully saturated rings. The lowest BCUT2D eigenvalue weighted by Crippen LogP contribution is -2.53. The second-order valence-electron chi connectivity index (χ2n) is 6.22. The Morgan fingerprint density at radius 2 is 2.16 bits per heavy atom. The van der Waals surface area contributed by atoms with E-state index >= 15 is 0 Å². The van der Waals surface area contributed by atoms with E-state index in [9.17, 15) is 0 Å². The molecule has 1 aliphatic carbocycles. The van der Waals surface area contributed by atoms with Gasteiger partial charge in [-0.2, -0.15) is 0 Å². The Morgan fingerprint density at radius 1 is 1.32 bits per heavy atom. The lowest BCUT2D eigenvalue weighted by Gasteiger charge is -2.39. The lowest BCUT2D eigenvalue weighted by molar-refractivity contribution is 0.142. The molecule has 1 aliphatic heterocycles. The van der Waals surface area contributed by atoms with Gasteiger partial charge in [-0.3, -0.25) is 4.90 Å². The van der Waals surface area contributed by atoms with Gasteiger partial charge in [0.15, 0.2) is 0 Å². The minimum absolute atomic E-state index is 0.745. The number of rotatable bonds is 3. The first kappa shape index (κ1) is 13.6. The third-order valence-electron chi connectivity index (χ3n) is 4.84. The first-order valence-electron chi connectivity index (χ1n) is 7.81. The van der Waals surface area contributed by atoms with Gasteiger partial charge >= 0.3 is 0 Å². The van der Waals surface area contributed by atoms with Gasteiger partial charge in [-0.1, -0.05) is 19.3 Å². The van der Waals surface area contributed by atoms with Crippen molar-refractivity contribution in [1.82, 2.24) is 10.2 Å². The zero-order chi connectivity index (χ0) is 13.1. The van der Waals surface area contributed by atoms with E-state index in [2.05, 4.69) is 28.6 Å². The zero-order valence-corrected chi connectivity index (χ0v) is 12.8. The number of hydrogen-bond acceptors (Lipinski definition) is 3. The summed E-state index contributed by atoms with van der Waals surface area (Å²) in [6.07, 6.45) is 7.26. The van der Waals surface area contributed by atoms with Crippen LogP contribution in [0.1, 0.15) is 42.5 Å². The normalized spacial score (nSPS) is 26.7. The molecule has 1 saturated heterocycles. The summed E-state index contributed by atoms with van der Waals surface area (Å²) in [7, 11) is 0. The molecule has 0 bridgehead atoms. The van der Waals surface area contributed by atoms with E-state index in [-0.39, 0.29) is 0 Å². The van der Waals surface area contributed by atoms with Crippen LogP contribution in [-0.2, 0) is 6.54 Å². The van der Waals surface area contributed by atoms with Gasteiger partial charge in [-0.05, 0) is 42.7 Å². The Bertz CT molecular complexity index is 395. The quantitative estimate of drug-likeness (QED) is 0.911. The van der Waals surface area contributed by atoms with Crippen molar-refractivity contribution in [2.24, 2.45) is 5.92 Å². The minimum atomic E-state index is 0.745. The van der Waals surface area contributed by atoms with Crippen LogP contribution in [0.5, 0.6) is 0 Å². The molecule has 3 rings (SSSR count). The van der Waals surface area contributed by atoms with Gasteiger partial charge in [0, 0.05) is 37.1 Å². The predicted molar refractivity (Wildman–Crippen MR) is 82.7 cm³/mol. The molecule has 2 aliphatic rings. The molecule has 0 radical (unpaired) electrons. The predicted octanol–water partition coefficient (Wildman–Crippen LogP) is 3.41. The fraction of sp³-hybridized carbons (Fsp3) is 0.750. The zero-order valence-electron chi connectivity index (χ0n) is 12.0. The summed E-state index contributed by atoms with van der Waals surface area (Å²) in [6, 6.07) is 3.00. The van der Waals surface area contributed by atoms with Gasteiger partial charge in [0.2, 0.25) is 0 Å². The number of piperazine rings is 1. The highest BCUT2D eigenvalue weighted by molar-refractivity contribution is 7.10. The highest BCUT2D eigenvalue weighted by Crippen LogP contribution is 2.28. The van der Waals surface area contributed by atoms with E-state index in [1.165, 1.54) is 57.3 Å². The molecular weight excluding hydrogens is 252 g/mol. The van der Waals surface area contributed by atoms with Crippen molar-refractivity contribution in [3.63, 3.8) is 0 Å². The summed E-state index contributed by atoms with van der Waals surface area (Å²) < 4.78 is 0. The van der Waals surface area contributed by atoms with Gasteiger partial charge in [-0.15, -0.1) is 11.3 Å². The van der Waals surface area contributed by atoms with Gasteiger partial charge in [0.05, 0.1) is 0 Å². The third-order valence-corrected chi connectivity index (χ3v) is 5.85. The maximum atomic E-state index is 3.77. The molecule has 3 heteroatoms. The summed E-state index contributed by atoms with van der Waals surface area (Å²) in [6.45, 7) is 7.04. The Labute approximate surface area is 121 Å². The summed E-state index contributed by atoms with van der Waals surface area (Å²) in [5.41, 5.74) is 1.47. The molecule has 1 saturated carbocycles. The van der Waals surface area contributed by atoms with E-state index in [0.717, 1.165) is 18.5 Å². The molecule has 2 heterocycles. The van der Waals surface area contributed by atoms with E-state index in [4.69, 9.17) is 0 Å². The average Bonchev–Trinajstić information content (AvgIpc) is 2.86. The maximum Gasteiger partial charge on any atom is 0.0331 e.